The van der Waals surface area contributed by atoms with Crippen LogP contribution in [0, 0.1) is 5.95 Å². The van der Waals surface area contributed by atoms with Crippen LogP contribution in [0.25, 0.3) is 0 Å². The average Bonchev–Trinajstić information content (AvgIpc) is 2.31. The summed E-state index contributed by atoms with van der Waals surface area (Å²) in [6.45, 7) is 1.64. The minimum Gasteiger partial charge on any atom is -0.464 e. The first kappa shape index (κ1) is 13.8. The van der Waals surface area contributed by atoms with E-state index in [-0.39, 0.29) is 17.2 Å². The number of aromatic nitrogens is 1. The van der Waals surface area contributed by atoms with Crippen LogP contribution < -0.4 is 0 Å². The number of hydrogen-bond acceptors (Lipinski definition) is 5. The number of pyridine rings is 1. The largest absolute Gasteiger partial charge is 0.464 e. The first-order valence-corrected chi connectivity index (χ1v) is 5.18. The summed E-state index contributed by atoms with van der Waals surface area (Å²) in [5.74, 6) is -1.87. The Balaban J connectivity index is 2.84. The number of ether oxygens (including phenoxy) is 1. The number of esters is 1. The van der Waals surface area contributed by atoms with Crippen molar-refractivity contribution < 1.29 is 24.1 Å². The van der Waals surface area contributed by atoms with Crippen LogP contribution in [0.1, 0.15) is 18.6 Å². The number of hydrogen-bond donors (Lipinski definition) is 2. The van der Waals surface area contributed by atoms with Crippen LogP contribution in [0.15, 0.2) is 12.3 Å². The predicted molar refractivity (Wildman–Crippen MR) is 56.8 cm³/mol. The van der Waals surface area contributed by atoms with Crippen LogP contribution in [0.4, 0.5) is 4.39 Å². The molecule has 2 N–H and O–H groups in total. The minimum absolute atomic E-state index is 0.0250. The second-order valence-electron chi connectivity index (χ2n) is 3.18. The maximum Gasteiger partial charge on any atom is 0.338 e. The molecule has 0 radical (unpaired) electrons. The molecule has 1 rings (SSSR count). The number of aliphatic hydroxyl groups excluding tert-OH is 2. The van der Waals surface area contributed by atoms with Crippen LogP contribution >= 0.6 is 11.6 Å². The van der Waals surface area contributed by atoms with Gasteiger partial charge in [0.1, 0.15) is 6.10 Å². The third kappa shape index (κ3) is 3.36. The second kappa shape index (κ2) is 5.90. The Kier molecular flexibility index (Phi) is 4.80. The van der Waals surface area contributed by atoms with Crippen LogP contribution in [0.2, 0.25) is 5.02 Å². The lowest BCUT2D eigenvalue weighted by atomic mass is 10.1. The topological polar surface area (TPSA) is 79.7 Å². The number of rotatable bonds is 4. The molecule has 0 saturated heterocycles. The molecule has 0 aliphatic heterocycles. The summed E-state index contributed by atoms with van der Waals surface area (Å²) in [6, 6.07) is 1.08. The van der Waals surface area contributed by atoms with Crippen molar-refractivity contribution >= 4 is 17.6 Å². The summed E-state index contributed by atoms with van der Waals surface area (Å²) in [4.78, 5) is 14.4. The highest BCUT2D eigenvalue weighted by Crippen LogP contribution is 2.21. The summed E-state index contributed by atoms with van der Waals surface area (Å²) < 4.78 is 17.3. The van der Waals surface area contributed by atoms with Crippen molar-refractivity contribution in [2.45, 2.75) is 19.1 Å². The quantitative estimate of drug-likeness (QED) is 0.621. The zero-order valence-corrected chi connectivity index (χ0v) is 9.69. The Morgan fingerprint density at radius 1 is 1.65 bits per heavy atom. The lowest BCUT2D eigenvalue weighted by Crippen LogP contribution is -2.30. The van der Waals surface area contributed by atoms with Gasteiger partial charge in [-0.2, -0.15) is 4.39 Å². The number of halogens is 2. The fraction of sp³-hybridized carbons (Fsp3) is 0.400. The highest BCUT2D eigenvalue weighted by Gasteiger charge is 2.27. The standard InChI is InChI=1S/C10H11ClFNO4/c1-2-17-10(16)8(15)7(14)5-3-6(11)9(12)13-4-5/h3-4,7-8,14-15H,2H2,1H3. The fourth-order valence-electron chi connectivity index (χ4n) is 1.14. The van der Waals surface area contributed by atoms with Crippen molar-refractivity contribution in [3.05, 3.63) is 28.8 Å². The van der Waals surface area contributed by atoms with Gasteiger partial charge in [0.2, 0.25) is 5.95 Å². The van der Waals surface area contributed by atoms with Gasteiger partial charge >= 0.3 is 5.97 Å². The molecular weight excluding hydrogens is 253 g/mol. The van der Waals surface area contributed by atoms with E-state index in [1.54, 1.807) is 6.92 Å². The van der Waals surface area contributed by atoms with Gasteiger partial charge < -0.3 is 14.9 Å². The highest BCUT2D eigenvalue weighted by atomic mass is 35.5. The minimum atomic E-state index is -1.77. The third-order valence-electron chi connectivity index (χ3n) is 1.99. The van der Waals surface area contributed by atoms with Gasteiger partial charge in [0.05, 0.1) is 11.6 Å². The Labute approximate surface area is 102 Å². The normalized spacial score (nSPS) is 14.2. The SMILES string of the molecule is CCOC(=O)C(O)C(O)c1cnc(F)c(Cl)c1. The monoisotopic (exact) mass is 263 g/mol. The first-order valence-electron chi connectivity index (χ1n) is 4.81. The average molecular weight is 264 g/mol. The van der Waals surface area contributed by atoms with Gasteiger partial charge in [-0.3, -0.25) is 0 Å². The van der Waals surface area contributed by atoms with E-state index in [1.807, 2.05) is 0 Å². The van der Waals surface area contributed by atoms with Crippen LogP contribution in [0.3, 0.4) is 0 Å². The van der Waals surface area contributed by atoms with Gasteiger partial charge in [-0.15, -0.1) is 0 Å². The van der Waals surface area contributed by atoms with Crippen LogP contribution in [-0.2, 0) is 9.53 Å². The molecule has 0 spiro atoms. The molecule has 1 aromatic rings. The van der Waals surface area contributed by atoms with Gasteiger partial charge in [-0.05, 0) is 13.0 Å². The van der Waals surface area contributed by atoms with Gasteiger partial charge in [-0.25, -0.2) is 9.78 Å². The van der Waals surface area contributed by atoms with E-state index >= 15 is 0 Å². The van der Waals surface area contributed by atoms with Gasteiger partial charge in [0.25, 0.3) is 0 Å². The summed E-state index contributed by atoms with van der Waals surface area (Å²) in [6.07, 6.45) is -2.35. The van der Waals surface area contributed by atoms with E-state index < -0.39 is 24.1 Å². The van der Waals surface area contributed by atoms with Gasteiger partial charge in [0.15, 0.2) is 6.10 Å². The zero-order chi connectivity index (χ0) is 13.0. The lowest BCUT2D eigenvalue weighted by Gasteiger charge is -2.16. The molecule has 5 nitrogen and oxygen atoms in total. The first-order chi connectivity index (χ1) is 7.97. The number of nitrogens with zero attached hydrogens (tertiary/aromatic N) is 1. The van der Waals surface area contributed by atoms with Crippen molar-refractivity contribution in [1.82, 2.24) is 4.98 Å². The highest BCUT2D eigenvalue weighted by molar-refractivity contribution is 6.30. The second-order valence-corrected chi connectivity index (χ2v) is 3.59. The Bertz CT molecular complexity index is 415. The van der Waals surface area contributed by atoms with Crippen molar-refractivity contribution in [2.75, 3.05) is 6.61 Å². The van der Waals surface area contributed by atoms with E-state index in [9.17, 15) is 19.4 Å². The van der Waals surface area contributed by atoms with Crippen molar-refractivity contribution in [3.63, 3.8) is 0 Å². The molecule has 94 valence electrons. The summed E-state index contributed by atoms with van der Waals surface area (Å²) >= 11 is 5.46. The van der Waals surface area contributed by atoms with E-state index in [1.165, 1.54) is 0 Å². The third-order valence-corrected chi connectivity index (χ3v) is 2.25. The molecule has 0 amide bonds. The van der Waals surface area contributed by atoms with Crippen molar-refractivity contribution in [3.8, 4) is 0 Å². The summed E-state index contributed by atoms with van der Waals surface area (Å²) in [5, 5.41) is 18.8. The molecule has 0 aliphatic carbocycles. The summed E-state index contributed by atoms with van der Waals surface area (Å²) in [5.41, 5.74) is 0.0250. The molecule has 17 heavy (non-hydrogen) atoms. The van der Waals surface area contributed by atoms with Crippen molar-refractivity contribution in [2.24, 2.45) is 0 Å². The van der Waals surface area contributed by atoms with Crippen LogP contribution in [-0.4, -0.2) is 33.9 Å². The molecule has 2 unspecified atom stereocenters. The zero-order valence-electron chi connectivity index (χ0n) is 8.93. The smallest absolute Gasteiger partial charge is 0.338 e. The van der Waals surface area contributed by atoms with Crippen molar-refractivity contribution in [1.29, 1.82) is 0 Å². The van der Waals surface area contributed by atoms with Crippen LogP contribution in [0.5, 0.6) is 0 Å². The molecule has 1 aromatic heterocycles. The summed E-state index contributed by atoms with van der Waals surface area (Å²) in [7, 11) is 0. The molecule has 7 heteroatoms. The fourth-order valence-corrected chi connectivity index (χ4v) is 1.31. The van der Waals surface area contributed by atoms with E-state index in [0.717, 1.165) is 12.3 Å². The molecule has 0 bridgehead atoms. The van der Waals surface area contributed by atoms with E-state index in [2.05, 4.69) is 9.72 Å². The maximum absolute atomic E-state index is 12.8. The molecule has 2 atom stereocenters. The Morgan fingerprint density at radius 3 is 2.82 bits per heavy atom. The van der Waals surface area contributed by atoms with E-state index in [0.29, 0.717) is 0 Å². The molecule has 0 fully saturated rings. The number of carbonyl (C=O) groups is 1. The van der Waals surface area contributed by atoms with E-state index in [4.69, 9.17) is 11.6 Å². The molecule has 1 heterocycles. The number of aliphatic hydroxyl groups is 2. The van der Waals surface area contributed by atoms with Gasteiger partial charge in [-0.1, -0.05) is 11.6 Å². The Morgan fingerprint density at radius 2 is 2.29 bits per heavy atom. The lowest BCUT2D eigenvalue weighted by molar-refractivity contribution is -0.159. The molecule has 0 aliphatic rings. The Hall–Kier alpha value is -1.24. The number of carbonyl (C=O) groups excluding carboxylic acids is 1. The molecular formula is C10H11ClFNO4. The molecule has 0 saturated carbocycles. The van der Waals surface area contributed by atoms with Gasteiger partial charge in [0, 0.05) is 11.8 Å². The predicted octanol–water partition coefficient (Wildman–Crippen LogP) is 0.832. The molecule has 0 aromatic carbocycles. The maximum atomic E-state index is 12.8.